The van der Waals surface area contributed by atoms with Crippen molar-refractivity contribution in [1.82, 2.24) is 4.31 Å². The van der Waals surface area contributed by atoms with Crippen LogP contribution in [0.15, 0.2) is 23.1 Å². The van der Waals surface area contributed by atoms with E-state index in [1.54, 1.807) is 0 Å². The minimum absolute atomic E-state index is 0.0164. The van der Waals surface area contributed by atoms with Crippen molar-refractivity contribution in [1.29, 1.82) is 0 Å². The van der Waals surface area contributed by atoms with Gasteiger partial charge < -0.3 is 16.2 Å². The summed E-state index contributed by atoms with van der Waals surface area (Å²) in [5.41, 5.74) is 10.9. The Kier molecular flexibility index (Phi) is 4.15. The van der Waals surface area contributed by atoms with Gasteiger partial charge in [-0.1, -0.05) is 0 Å². The molecule has 0 saturated heterocycles. The molecule has 0 bridgehead atoms. The molecular formula is C10H15N3O4S. The number of nitrogens with zero attached hydrogens (tertiary/aromatic N) is 1. The van der Waals surface area contributed by atoms with Crippen LogP contribution >= 0.6 is 0 Å². The molecule has 0 aliphatic heterocycles. The van der Waals surface area contributed by atoms with Crippen LogP contribution in [0.2, 0.25) is 0 Å². The van der Waals surface area contributed by atoms with Crippen molar-refractivity contribution in [3.05, 3.63) is 18.2 Å². The normalized spacial score (nSPS) is 11.5. The van der Waals surface area contributed by atoms with Crippen molar-refractivity contribution in [2.24, 2.45) is 5.73 Å². The first-order chi connectivity index (χ1) is 8.28. The Labute approximate surface area is 105 Å². The second kappa shape index (κ2) is 5.23. The smallest absolute Gasteiger partial charge is 0.243 e. The van der Waals surface area contributed by atoms with E-state index in [4.69, 9.17) is 16.2 Å². The van der Waals surface area contributed by atoms with Crippen LogP contribution in [0, 0.1) is 0 Å². The van der Waals surface area contributed by atoms with E-state index in [1.165, 1.54) is 32.4 Å². The number of nitrogen functional groups attached to an aromatic ring is 1. The average molecular weight is 273 g/mol. The van der Waals surface area contributed by atoms with Crippen LogP contribution in [-0.2, 0) is 14.8 Å². The second-order valence-electron chi connectivity index (χ2n) is 3.63. The Morgan fingerprint density at radius 2 is 2.06 bits per heavy atom. The zero-order valence-corrected chi connectivity index (χ0v) is 10.9. The van der Waals surface area contributed by atoms with Crippen LogP contribution in [0.1, 0.15) is 0 Å². The molecule has 0 aromatic heterocycles. The fourth-order valence-corrected chi connectivity index (χ4v) is 2.49. The first kappa shape index (κ1) is 14.3. The summed E-state index contributed by atoms with van der Waals surface area (Å²) in [5, 5.41) is 0. The van der Waals surface area contributed by atoms with Gasteiger partial charge in [-0.15, -0.1) is 0 Å². The van der Waals surface area contributed by atoms with Crippen LogP contribution in [0.4, 0.5) is 5.69 Å². The topological polar surface area (TPSA) is 116 Å². The van der Waals surface area contributed by atoms with Gasteiger partial charge in [0.05, 0.1) is 24.2 Å². The summed E-state index contributed by atoms with van der Waals surface area (Å²) < 4.78 is 29.9. The van der Waals surface area contributed by atoms with Gasteiger partial charge in [-0.25, -0.2) is 8.42 Å². The van der Waals surface area contributed by atoms with E-state index in [-0.39, 0.29) is 10.6 Å². The Morgan fingerprint density at radius 3 is 2.56 bits per heavy atom. The molecule has 1 rings (SSSR count). The maximum Gasteiger partial charge on any atom is 0.243 e. The number of likely N-dealkylation sites (N-methyl/N-ethyl adjacent to an activating group) is 1. The summed E-state index contributed by atoms with van der Waals surface area (Å²) in [6.07, 6.45) is 0. The van der Waals surface area contributed by atoms with Crippen LogP contribution in [0.3, 0.4) is 0 Å². The number of hydrogen-bond donors (Lipinski definition) is 2. The number of hydrogen-bond acceptors (Lipinski definition) is 5. The van der Waals surface area contributed by atoms with Gasteiger partial charge in [-0.3, -0.25) is 4.79 Å². The van der Waals surface area contributed by atoms with E-state index in [0.29, 0.717) is 5.69 Å². The SMILES string of the molecule is COc1cc(S(=O)(=O)N(C)CC(N)=O)ccc1N. The summed E-state index contributed by atoms with van der Waals surface area (Å²) in [6.45, 7) is -0.394. The summed E-state index contributed by atoms with van der Waals surface area (Å²) >= 11 is 0. The van der Waals surface area contributed by atoms with E-state index in [1.807, 2.05) is 0 Å². The van der Waals surface area contributed by atoms with E-state index < -0.39 is 22.5 Å². The highest BCUT2D eigenvalue weighted by atomic mass is 32.2. The number of primary amides is 1. The van der Waals surface area contributed by atoms with E-state index in [9.17, 15) is 13.2 Å². The summed E-state index contributed by atoms with van der Waals surface area (Å²) in [5.74, 6) is -0.480. The number of ether oxygens (including phenoxy) is 1. The lowest BCUT2D eigenvalue weighted by atomic mass is 10.3. The largest absolute Gasteiger partial charge is 0.495 e. The molecule has 4 N–H and O–H groups in total. The standard InChI is InChI=1S/C10H15N3O4S/c1-13(6-10(12)14)18(15,16)7-3-4-8(11)9(5-7)17-2/h3-5H,6,11H2,1-2H3,(H2,12,14). The molecule has 18 heavy (non-hydrogen) atoms. The predicted octanol–water partition coefficient (Wildman–Crippen LogP) is -0.617. The van der Waals surface area contributed by atoms with Gasteiger partial charge in [-0.2, -0.15) is 4.31 Å². The van der Waals surface area contributed by atoms with Gasteiger partial charge in [0, 0.05) is 13.1 Å². The molecule has 1 aromatic carbocycles. The third kappa shape index (κ3) is 2.90. The molecule has 0 radical (unpaired) electrons. The molecule has 7 nitrogen and oxygen atoms in total. The highest BCUT2D eigenvalue weighted by molar-refractivity contribution is 7.89. The van der Waals surface area contributed by atoms with Crippen molar-refractivity contribution in [3.63, 3.8) is 0 Å². The first-order valence-corrected chi connectivity index (χ1v) is 6.41. The van der Waals surface area contributed by atoms with Crippen LogP contribution in [0.25, 0.3) is 0 Å². The monoisotopic (exact) mass is 273 g/mol. The van der Waals surface area contributed by atoms with E-state index in [0.717, 1.165) is 4.31 Å². The molecule has 0 atom stereocenters. The van der Waals surface area contributed by atoms with Gasteiger partial charge in [-0.05, 0) is 12.1 Å². The van der Waals surface area contributed by atoms with E-state index >= 15 is 0 Å². The third-order valence-electron chi connectivity index (χ3n) is 2.29. The highest BCUT2D eigenvalue weighted by Crippen LogP contribution is 2.26. The molecule has 0 aliphatic rings. The van der Waals surface area contributed by atoms with Crippen LogP contribution in [0.5, 0.6) is 5.75 Å². The number of carbonyl (C=O) groups is 1. The Morgan fingerprint density at radius 1 is 1.44 bits per heavy atom. The van der Waals surface area contributed by atoms with Crippen molar-refractivity contribution < 1.29 is 17.9 Å². The Hall–Kier alpha value is -1.80. The summed E-state index contributed by atoms with van der Waals surface area (Å²) in [7, 11) is -1.14. The van der Waals surface area contributed by atoms with Crippen LogP contribution < -0.4 is 16.2 Å². The zero-order valence-electron chi connectivity index (χ0n) is 10.1. The number of rotatable bonds is 5. The number of benzene rings is 1. The first-order valence-electron chi connectivity index (χ1n) is 4.97. The Balaban J connectivity index is 3.16. The molecule has 8 heteroatoms. The maximum absolute atomic E-state index is 12.1. The van der Waals surface area contributed by atoms with Gasteiger partial charge in [0.1, 0.15) is 5.75 Å². The molecule has 1 amide bonds. The number of methoxy groups -OCH3 is 1. The molecule has 0 fully saturated rings. The summed E-state index contributed by atoms with van der Waals surface area (Å²) in [6, 6.07) is 4.05. The van der Waals surface area contributed by atoms with Crippen molar-refractivity contribution >= 4 is 21.6 Å². The zero-order chi connectivity index (χ0) is 13.9. The molecule has 0 unspecified atom stereocenters. The van der Waals surface area contributed by atoms with Crippen molar-refractivity contribution in [2.45, 2.75) is 4.90 Å². The molecule has 0 saturated carbocycles. The molecular weight excluding hydrogens is 258 g/mol. The number of nitrogens with two attached hydrogens (primary N) is 2. The second-order valence-corrected chi connectivity index (χ2v) is 5.68. The number of carbonyl (C=O) groups excluding carboxylic acids is 1. The molecule has 0 heterocycles. The number of amides is 1. The minimum atomic E-state index is -3.79. The summed E-state index contributed by atoms with van der Waals surface area (Å²) in [4.78, 5) is 10.7. The van der Waals surface area contributed by atoms with Gasteiger partial charge in [0.25, 0.3) is 0 Å². The average Bonchev–Trinajstić information content (AvgIpc) is 2.28. The van der Waals surface area contributed by atoms with E-state index in [2.05, 4.69) is 0 Å². The maximum atomic E-state index is 12.1. The highest BCUT2D eigenvalue weighted by Gasteiger charge is 2.23. The third-order valence-corrected chi connectivity index (χ3v) is 4.09. The minimum Gasteiger partial charge on any atom is -0.495 e. The quantitative estimate of drug-likeness (QED) is 0.694. The molecule has 0 spiro atoms. The van der Waals surface area contributed by atoms with Crippen LogP contribution in [-0.4, -0.2) is 39.3 Å². The lowest BCUT2D eigenvalue weighted by molar-refractivity contribution is -0.118. The van der Waals surface area contributed by atoms with Crippen molar-refractivity contribution in [3.8, 4) is 5.75 Å². The number of sulfonamides is 1. The Bertz CT molecular complexity index is 556. The van der Waals surface area contributed by atoms with Gasteiger partial charge >= 0.3 is 0 Å². The molecule has 1 aromatic rings. The molecule has 0 aliphatic carbocycles. The van der Waals surface area contributed by atoms with Gasteiger partial charge in [0.15, 0.2) is 0 Å². The van der Waals surface area contributed by atoms with Crippen molar-refractivity contribution in [2.75, 3.05) is 26.4 Å². The fraction of sp³-hybridized carbons (Fsp3) is 0.300. The fourth-order valence-electron chi connectivity index (χ4n) is 1.34. The lowest BCUT2D eigenvalue weighted by Gasteiger charge is -2.16. The lowest BCUT2D eigenvalue weighted by Crippen LogP contribution is -2.35. The number of anilines is 1. The van der Waals surface area contributed by atoms with Gasteiger partial charge in [0.2, 0.25) is 15.9 Å². The molecule has 100 valence electrons. The predicted molar refractivity (Wildman–Crippen MR) is 66.4 cm³/mol.